The second kappa shape index (κ2) is 6.14. The van der Waals surface area contributed by atoms with Crippen molar-refractivity contribution in [2.45, 2.75) is 0 Å². The van der Waals surface area contributed by atoms with E-state index in [-0.39, 0.29) is 0 Å². The predicted octanol–water partition coefficient (Wildman–Crippen LogP) is 5.45. The standard InChI is InChI=1S/C19H15O2/c1-15-12-13-18(20-16-8-4-2-5-9-16)19(14-15)21-17-10-6-3-7-11-17/h2-14H,1H2. The van der Waals surface area contributed by atoms with E-state index >= 15 is 0 Å². The molecule has 0 aromatic heterocycles. The Morgan fingerprint density at radius 2 is 1.10 bits per heavy atom. The summed E-state index contributed by atoms with van der Waals surface area (Å²) in [6.07, 6.45) is 0. The normalized spacial score (nSPS) is 10.1. The molecule has 3 aromatic carbocycles. The van der Waals surface area contributed by atoms with Gasteiger partial charge in [-0.3, -0.25) is 0 Å². The first kappa shape index (κ1) is 13.3. The second-order valence-electron chi connectivity index (χ2n) is 4.61. The fourth-order valence-corrected chi connectivity index (χ4v) is 1.95. The minimum Gasteiger partial charge on any atom is -0.453 e. The lowest BCUT2D eigenvalue weighted by Crippen LogP contribution is -1.91. The highest BCUT2D eigenvalue weighted by atomic mass is 16.5. The summed E-state index contributed by atoms with van der Waals surface area (Å²) < 4.78 is 11.8. The van der Waals surface area contributed by atoms with Gasteiger partial charge in [0.25, 0.3) is 0 Å². The van der Waals surface area contributed by atoms with Crippen molar-refractivity contribution in [3.8, 4) is 23.0 Å². The molecule has 0 saturated carbocycles. The van der Waals surface area contributed by atoms with Crippen LogP contribution in [0.4, 0.5) is 0 Å². The highest BCUT2D eigenvalue weighted by molar-refractivity contribution is 5.48. The molecule has 0 bridgehead atoms. The van der Waals surface area contributed by atoms with Gasteiger partial charge in [0, 0.05) is 0 Å². The van der Waals surface area contributed by atoms with Gasteiger partial charge in [-0.15, -0.1) is 0 Å². The van der Waals surface area contributed by atoms with Crippen molar-refractivity contribution < 1.29 is 9.47 Å². The number of rotatable bonds is 4. The Hall–Kier alpha value is -2.74. The van der Waals surface area contributed by atoms with Gasteiger partial charge in [0.1, 0.15) is 11.5 Å². The molecule has 0 fully saturated rings. The fraction of sp³-hybridized carbons (Fsp3) is 0. The van der Waals surface area contributed by atoms with Crippen molar-refractivity contribution in [2.75, 3.05) is 0 Å². The van der Waals surface area contributed by atoms with Gasteiger partial charge in [-0.25, -0.2) is 0 Å². The Kier molecular flexibility index (Phi) is 3.88. The molecule has 0 aliphatic rings. The van der Waals surface area contributed by atoms with E-state index < -0.39 is 0 Å². The molecule has 2 nitrogen and oxygen atoms in total. The molecule has 3 aromatic rings. The number of hydrogen-bond acceptors (Lipinski definition) is 2. The van der Waals surface area contributed by atoms with Gasteiger partial charge >= 0.3 is 0 Å². The minimum atomic E-state index is 0.651. The summed E-state index contributed by atoms with van der Waals surface area (Å²) in [6, 6.07) is 24.9. The first-order chi connectivity index (χ1) is 10.3. The quantitative estimate of drug-likeness (QED) is 0.630. The molecule has 3 rings (SSSR count). The van der Waals surface area contributed by atoms with Gasteiger partial charge in [-0.2, -0.15) is 0 Å². The third-order valence-electron chi connectivity index (χ3n) is 2.95. The van der Waals surface area contributed by atoms with Crippen molar-refractivity contribution >= 4 is 0 Å². The zero-order valence-electron chi connectivity index (χ0n) is 11.5. The molecule has 0 spiro atoms. The predicted molar refractivity (Wildman–Crippen MR) is 83.9 cm³/mol. The maximum Gasteiger partial charge on any atom is 0.170 e. The van der Waals surface area contributed by atoms with Gasteiger partial charge in [0.05, 0.1) is 0 Å². The lowest BCUT2D eigenvalue weighted by atomic mass is 10.2. The van der Waals surface area contributed by atoms with E-state index in [1.807, 2.05) is 78.9 Å². The molecule has 1 radical (unpaired) electrons. The third-order valence-corrected chi connectivity index (χ3v) is 2.95. The van der Waals surface area contributed by atoms with E-state index in [1.165, 1.54) is 0 Å². The summed E-state index contributed by atoms with van der Waals surface area (Å²) in [5, 5.41) is 0. The van der Waals surface area contributed by atoms with Crippen LogP contribution in [0, 0.1) is 6.92 Å². The van der Waals surface area contributed by atoms with Crippen molar-refractivity contribution in [1.29, 1.82) is 0 Å². The molecule has 103 valence electrons. The first-order valence-electron chi connectivity index (χ1n) is 6.73. The summed E-state index contributed by atoms with van der Waals surface area (Å²) >= 11 is 0. The lowest BCUT2D eigenvalue weighted by Gasteiger charge is -2.13. The molecule has 0 aliphatic carbocycles. The number of ether oxygens (including phenoxy) is 2. The Labute approximate surface area is 124 Å². The van der Waals surface area contributed by atoms with E-state index in [0.717, 1.165) is 17.1 Å². The molecular formula is C19H15O2. The summed E-state index contributed by atoms with van der Waals surface area (Å²) in [4.78, 5) is 0. The molecule has 0 atom stereocenters. The second-order valence-corrected chi connectivity index (χ2v) is 4.61. The smallest absolute Gasteiger partial charge is 0.170 e. The highest BCUT2D eigenvalue weighted by Crippen LogP contribution is 2.35. The van der Waals surface area contributed by atoms with E-state index in [9.17, 15) is 0 Å². The van der Waals surface area contributed by atoms with Crippen LogP contribution in [0.1, 0.15) is 5.56 Å². The maximum absolute atomic E-state index is 5.90. The van der Waals surface area contributed by atoms with Crippen molar-refractivity contribution in [2.24, 2.45) is 0 Å². The van der Waals surface area contributed by atoms with Crippen LogP contribution < -0.4 is 9.47 Å². The summed E-state index contributed by atoms with van der Waals surface area (Å²) in [7, 11) is 0. The molecule has 0 aliphatic heterocycles. The zero-order chi connectivity index (χ0) is 14.5. The Bertz CT molecular complexity index is 706. The molecule has 0 saturated heterocycles. The highest BCUT2D eigenvalue weighted by Gasteiger charge is 2.08. The average Bonchev–Trinajstić information content (AvgIpc) is 2.52. The Morgan fingerprint density at radius 3 is 1.67 bits per heavy atom. The van der Waals surface area contributed by atoms with Crippen LogP contribution in [0.25, 0.3) is 0 Å². The van der Waals surface area contributed by atoms with Crippen LogP contribution in [-0.2, 0) is 0 Å². The van der Waals surface area contributed by atoms with Crippen LogP contribution in [0.3, 0.4) is 0 Å². The van der Waals surface area contributed by atoms with Crippen LogP contribution in [0.15, 0.2) is 78.9 Å². The van der Waals surface area contributed by atoms with E-state index in [1.54, 1.807) is 0 Å². The molecule has 21 heavy (non-hydrogen) atoms. The first-order valence-corrected chi connectivity index (χ1v) is 6.73. The molecular weight excluding hydrogens is 260 g/mol. The zero-order valence-corrected chi connectivity index (χ0v) is 11.5. The lowest BCUT2D eigenvalue weighted by molar-refractivity contribution is 0.418. The van der Waals surface area contributed by atoms with Crippen LogP contribution in [-0.4, -0.2) is 0 Å². The van der Waals surface area contributed by atoms with Gasteiger partial charge in [-0.05, 0) is 48.9 Å². The van der Waals surface area contributed by atoms with Gasteiger partial charge < -0.3 is 9.47 Å². The fourth-order valence-electron chi connectivity index (χ4n) is 1.95. The molecule has 0 N–H and O–H groups in total. The van der Waals surface area contributed by atoms with Crippen LogP contribution >= 0.6 is 0 Å². The van der Waals surface area contributed by atoms with Gasteiger partial charge in [0.2, 0.25) is 0 Å². The molecule has 0 amide bonds. The maximum atomic E-state index is 5.90. The van der Waals surface area contributed by atoms with E-state index in [2.05, 4.69) is 6.92 Å². The van der Waals surface area contributed by atoms with Crippen molar-refractivity contribution in [3.05, 3.63) is 91.3 Å². The Balaban J connectivity index is 1.90. The van der Waals surface area contributed by atoms with E-state index in [0.29, 0.717) is 11.5 Å². The summed E-state index contributed by atoms with van der Waals surface area (Å²) in [5.74, 6) is 2.85. The third kappa shape index (κ3) is 3.42. The molecule has 2 heteroatoms. The average molecular weight is 275 g/mol. The molecule has 0 heterocycles. The van der Waals surface area contributed by atoms with Crippen molar-refractivity contribution in [3.63, 3.8) is 0 Å². The number of para-hydroxylation sites is 2. The van der Waals surface area contributed by atoms with Crippen LogP contribution in [0.2, 0.25) is 0 Å². The van der Waals surface area contributed by atoms with Crippen molar-refractivity contribution in [1.82, 2.24) is 0 Å². The largest absolute Gasteiger partial charge is 0.453 e. The summed E-state index contributed by atoms with van der Waals surface area (Å²) in [6.45, 7) is 3.94. The molecule has 0 unspecified atom stereocenters. The minimum absolute atomic E-state index is 0.651. The van der Waals surface area contributed by atoms with Crippen LogP contribution in [0.5, 0.6) is 23.0 Å². The number of hydrogen-bond donors (Lipinski definition) is 0. The van der Waals surface area contributed by atoms with Gasteiger partial charge in [-0.1, -0.05) is 42.5 Å². The summed E-state index contributed by atoms with van der Waals surface area (Å²) in [5.41, 5.74) is 0.876. The number of benzene rings is 3. The topological polar surface area (TPSA) is 18.5 Å². The van der Waals surface area contributed by atoms with Gasteiger partial charge in [0.15, 0.2) is 11.5 Å². The van der Waals surface area contributed by atoms with E-state index in [4.69, 9.17) is 9.47 Å². The monoisotopic (exact) mass is 275 g/mol. The Morgan fingerprint density at radius 1 is 0.571 bits per heavy atom. The SMILES string of the molecule is [CH2]c1ccc(Oc2ccccc2)c(Oc2ccccc2)c1.